The highest BCUT2D eigenvalue weighted by Gasteiger charge is 2.25. The van der Waals surface area contributed by atoms with Crippen LogP contribution in [-0.4, -0.2) is 40.0 Å². The van der Waals surface area contributed by atoms with Gasteiger partial charge in [0.2, 0.25) is 0 Å². The first-order valence-electron chi connectivity index (χ1n) is 6.02. The Hall–Kier alpha value is -0.390. The van der Waals surface area contributed by atoms with Crippen molar-refractivity contribution in [2.24, 2.45) is 7.05 Å². The molecule has 1 fully saturated rings. The molecule has 0 radical (unpaired) electrons. The van der Waals surface area contributed by atoms with Crippen LogP contribution in [0.15, 0.2) is 4.47 Å². The molecule has 5 heteroatoms. The molecule has 2 unspecified atom stereocenters. The fraction of sp³-hybridized carbons (Fsp3) is 0.750. The van der Waals surface area contributed by atoms with E-state index in [-0.39, 0.29) is 0 Å². The number of ether oxygens (including phenoxy) is 1. The Morgan fingerprint density at radius 1 is 1.47 bits per heavy atom. The van der Waals surface area contributed by atoms with E-state index >= 15 is 0 Å². The summed E-state index contributed by atoms with van der Waals surface area (Å²) in [6.07, 6.45) is 0.319. The van der Waals surface area contributed by atoms with E-state index in [0.717, 1.165) is 29.9 Å². The number of aryl methyl sites for hydroxylation is 2. The molecule has 96 valence electrons. The third-order valence-electron chi connectivity index (χ3n) is 3.35. The highest BCUT2D eigenvalue weighted by atomic mass is 79.9. The van der Waals surface area contributed by atoms with Crippen molar-refractivity contribution in [1.29, 1.82) is 0 Å². The molecule has 0 saturated carbocycles. The quantitative estimate of drug-likeness (QED) is 0.838. The second kappa shape index (κ2) is 5.08. The van der Waals surface area contributed by atoms with Crippen LogP contribution < -0.4 is 0 Å². The maximum absolute atomic E-state index is 5.65. The number of aromatic nitrogens is 2. The second-order valence-electron chi connectivity index (χ2n) is 4.89. The molecule has 2 heterocycles. The Morgan fingerprint density at radius 3 is 2.76 bits per heavy atom. The molecule has 2 rings (SSSR count). The zero-order valence-electron chi connectivity index (χ0n) is 10.9. The van der Waals surface area contributed by atoms with Crippen LogP contribution in [0.3, 0.4) is 0 Å². The molecule has 17 heavy (non-hydrogen) atoms. The number of rotatable bonds is 2. The summed E-state index contributed by atoms with van der Waals surface area (Å²) in [6.45, 7) is 9.09. The molecule has 0 amide bonds. The van der Waals surface area contributed by atoms with Gasteiger partial charge in [-0.3, -0.25) is 9.58 Å². The summed E-state index contributed by atoms with van der Waals surface area (Å²) >= 11 is 3.62. The van der Waals surface area contributed by atoms with Gasteiger partial charge < -0.3 is 4.74 Å². The van der Waals surface area contributed by atoms with Gasteiger partial charge in [0.1, 0.15) is 0 Å². The first kappa shape index (κ1) is 13.1. The van der Waals surface area contributed by atoms with Crippen molar-refractivity contribution in [2.45, 2.75) is 39.5 Å². The first-order valence-corrected chi connectivity index (χ1v) is 6.82. The zero-order valence-corrected chi connectivity index (χ0v) is 12.5. The largest absolute Gasteiger partial charge is 0.376 e. The number of halogens is 1. The van der Waals surface area contributed by atoms with Gasteiger partial charge in [-0.15, -0.1) is 0 Å². The van der Waals surface area contributed by atoms with Crippen molar-refractivity contribution >= 4 is 15.9 Å². The van der Waals surface area contributed by atoms with E-state index < -0.39 is 0 Å². The van der Waals surface area contributed by atoms with Crippen LogP contribution in [0, 0.1) is 6.92 Å². The molecule has 0 aliphatic carbocycles. The predicted molar refractivity (Wildman–Crippen MR) is 70.9 cm³/mol. The Bertz CT molecular complexity index is 405. The van der Waals surface area contributed by atoms with Crippen molar-refractivity contribution in [3.63, 3.8) is 0 Å². The van der Waals surface area contributed by atoms with Gasteiger partial charge >= 0.3 is 0 Å². The molecule has 1 aliphatic rings. The Morgan fingerprint density at radius 2 is 2.18 bits per heavy atom. The highest BCUT2D eigenvalue weighted by molar-refractivity contribution is 9.10. The van der Waals surface area contributed by atoms with E-state index in [1.165, 1.54) is 5.69 Å². The first-order chi connectivity index (χ1) is 7.99. The zero-order chi connectivity index (χ0) is 12.6. The van der Waals surface area contributed by atoms with E-state index in [4.69, 9.17) is 4.74 Å². The van der Waals surface area contributed by atoms with E-state index in [1.54, 1.807) is 0 Å². The predicted octanol–water partition coefficient (Wildman–Crippen LogP) is 2.10. The average Bonchev–Trinajstić information content (AvgIpc) is 2.50. The van der Waals surface area contributed by atoms with Crippen molar-refractivity contribution in [1.82, 2.24) is 14.7 Å². The summed E-state index contributed by atoms with van der Waals surface area (Å²) in [5, 5.41) is 4.43. The van der Waals surface area contributed by atoms with Crippen molar-refractivity contribution in [3.05, 3.63) is 15.9 Å². The molecule has 1 saturated heterocycles. The molecular formula is C12H20BrN3O. The lowest BCUT2D eigenvalue weighted by Crippen LogP contribution is -2.46. The summed E-state index contributed by atoms with van der Waals surface area (Å²) in [4.78, 5) is 2.45. The maximum Gasteiger partial charge on any atom is 0.0739 e. The molecule has 0 spiro atoms. The normalized spacial score (nSPS) is 26.4. The standard InChI is InChI=1S/C12H20BrN3O/c1-8-7-17-9(2)5-16(8)6-11-12(13)10(3)14-15(11)4/h8-9H,5-7H2,1-4H3. The maximum atomic E-state index is 5.65. The van der Waals surface area contributed by atoms with Crippen LogP contribution >= 0.6 is 15.9 Å². The van der Waals surface area contributed by atoms with E-state index in [9.17, 15) is 0 Å². The molecule has 0 aromatic carbocycles. The summed E-state index contributed by atoms with van der Waals surface area (Å²) < 4.78 is 8.74. The van der Waals surface area contributed by atoms with Gasteiger partial charge in [-0.05, 0) is 36.7 Å². The number of morpholine rings is 1. The minimum absolute atomic E-state index is 0.319. The van der Waals surface area contributed by atoms with Crippen LogP contribution in [0.1, 0.15) is 25.2 Å². The molecule has 2 atom stereocenters. The van der Waals surface area contributed by atoms with Crippen LogP contribution in [0.25, 0.3) is 0 Å². The lowest BCUT2D eigenvalue weighted by atomic mass is 10.2. The molecule has 4 nitrogen and oxygen atoms in total. The van der Waals surface area contributed by atoms with Gasteiger partial charge in [-0.25, -0.2) is 0 Å². The van der Waals surface area contributed by atoms with E-state index in [1.807, 2.05) is 18.7 Å². The Labute approximate surface area is 111 Å². The Kier molecular flexibility index (Phi) is 3.90. The molecule has 0 N–H and O–H groups in total. The topological polar surface area (TPSA) is 30.3 Å². The van der Waals surface area contributed by atoms with Gasteiger partial charge in [0.15, 0.2) is 0 Å². The number of nitrogens with zero attached hydrogens (tertiary/aromatic N) is 3. The van der Waals surface area contributed by atoms with Gasteiger partial charge in [-0.2, -0.15) is 5.10 Å². The molecule has 0 bridgehead atoms. The van der Waals surface area contributed by atoms with Crippen LogP contribution in [0.5, 0.6) is 0 Å². The minimum Gasteiger partial charge on any atom is -0.376 e. The van der Waals surface area contributed by atoms with Crippen LogP contribution in [-0.2, 0) is 18.3 Å². The smallest absolute Gasteiger partial charge is 0.0739 e. The summed E-state index contributed by atoms with van der Waals surface area (Å²) in [7, 11) is 2.00. The SMILES string of the molecule is Cc1nn(C)c(CN2CC(C)OCC2C)c1Br. The van der Waals surface area contributed by atoms with E-state index in [0.29, 0.717) is 12.1 Å². The van der Waals surface area contributed by atoms with Crippen LogP contribution in [0.2, 0.25) is 0 Å². The number of hydrogen-bond donors (Lipinski definition) is 0. The third-order valence-corrected chi connectivity index (χ3v) is 4.38. The summed E-state index contributed by atoms with van der Waals surface area (Å²) in [5.41, 5.74) is 2.29. The van der Waals surface area contributed by atoms with E-state index in [2.05, 4.69) is 39.8 Å². The lowest BCUT2D eigenvalue weighted by Gasteiger charge is -2.36. The molecule has 1 aliphatic heterocycles. The fourth-order valence-electron chi connectivity index (χ4n) is 2.24. The molecule has 1 aromatic rings. The van der Waals surface area contributed by atoms with Crippen molar-refractivity contribution in [3.8, 4) is 0 Å². The minimum atomic E-state index is 0.319. The third kappa shape index (κ3) is 2.72. The van der Waals surface area contributed by atoms with Gasteiger partial charge in [0.25, 0.3) is 0 Å². The molecular weight excluding hydrogens is 282 g/mol. The summed E-state index contributed by atoms with van der Waals surface area (Å²) in [5.74, 6) is 0. The van der Waals surface area contributed by atoms with Crippen molar-refractivity contribution < 1.29 is 4.74 Å². The average molecular weight is 302 g/mol. The second-order valence-corrected chi connectivity index (χ2v) is 5.69. The summed E-state index contributed by atoms with van der Waals surface area (Å²) in [6, 6.07) is 0.466. The van der Waals surface area contributed by atoms with Gasteiger partial charge in [0, 0.05) is 26.2 Å². The van der Waals surface area contributed by atoms with Gasteiger partial charge in [-0.1, -0.05) is 0 Å². The van der Waals surface area contributed by atoms with Crippen molar-refractivity contribution in [2.75, 3.05) is 13.2 Å². The monoisotopic (exact) mass is 301 g/mol. The highest BCUT2D eigenvalue weighted by Crippen LogP contribution is 2.23. The fourth-order valence-corrected chi connectivity index (χ4v) is 2.70. The molecule has 1 aromatic heterocycles. The van der Waals surface area contributed by atoms with Crippen LogP contribution in [0.4, 0.5) is 0 Å². The Balaban J connectivity index is 2.14. The lowest BCUT2D eigenvalue weighted by molar-refractivity contribution is -0.0534. The number of hydrogen-bond acceptors (Lipinski definition) is 3. The van der Waals surface area contributed by atoms with Gasteiger partial charge in [0.05, 0.1) is 28.6 Å².